The van der Waals surface area contributed by atoms with Crippen LogP contribution in [0.4, 0.5) is 5.69 Å². The lowest BCUT2D eigenvalue weighted by molar-refractivity contribution is -0.130. The van der Waals surface area contributed by atoms with Gasteiger partial charge in [-0.15, -0.1) is 11.8 Å². The van der Waals surface area contributed by atoms with E-state index in [9.17, 15) is 9.59 Å². The summed E-state index contributed by atoms with van der Waals surface area (Å²) in [6.07, 6.45) is 0. The van der Waals surface area contributed by atoms with Crippen LogP contribution in [0.1, 0.15) is 19.4 Å². The van der Waals surface area contributed by atoms with Crippen LogP contribution < -0.4 is 5.32 Å². The molecule has 1 aliphatic rings. The van der Waals surface area contributed by atoms with E-state index >= 15 is 0 Å². The smallest absolute Gasteiger partial charge is 0.234 e. The number of carbonyl (C=O) groups is 2. The molecule has 1 fully saturated rings. The van der Waals surface area contributed by atoms with Gasteiger partial charge < -0.3 is 10.2 Å². The number of nitrogens with one attached hydrogen (secondary N) is 1. The third-order valence-corrected chi connectivity index (χ3v) is 5.06. The number of anilines is 1. The van der Waals surface area contributed by atoms with E-state index in [1.54, 1.807) is 0 Å². The summed E-state index contributed by atoms with van der Waals surface area (Å²) >= 11 is 1.38. The summed E-state index contributed by atoms with van der Waals surface area (Å²) in [6, 6.07) is 7.70. The molecule has 0 atom stereocenters. The minimum absolute atomic E-state index is 0.0663. The minimum Gasteiger partial charge on any atom is -0.339 e. The molecule has 0 bridgehead atoms. The van der Waals surface area contributed by atoms with Crippen molar-refractivity contribution in [3.63, 3.8) is 0 Å². The second-order valence-corrected chi connectivity index (χ2v) is 7.97. The number of hydrogen-bond donors (Lipinski definition) is 1. The molecule has 1 N–H and O–H groups in total. The van der Waals surface area contributed by atoms with E-state index in [2.05, 4.69) is 24.1 Å². The van der Waals surface area contributed by atoms with Crippen molar-refractivity contribution < 1.29 is 9.59 Å². The minimum atomic E-state index is -0.0663. The molecule has 5 nitrogen and oxygen atoms in total. The van der Waals surface area contributed by atoms with E-state index in [1.807, 2.05) is 36.1 Å². The van der Waals surface area contributed by atoms with Gasteiger partial charge in [0.15, 0.2) is 0 Å². The maximum absolute atomic E-state index is 12.3. The topological polar surface area (TPSA) is 52.7 Å². The van der Waals surface area contributed by atoms with Crippen LogP contribution in [-0.2, 0) is 9.59 Å². The Labute approximate surface area is 155 Å². The van der Waals surface area contributed by atoms with Gasteiger partial charge in [0.25, 0.3) is 0 Å². The molecule has 0 saturated carbocycles. The monoisotopic (exact) mass is 363 g/mol. The molecular weight excluding hydrogens is 334 g/mol. The summed E-state index contributed by atoms with van der Waals surface area (Å²) in [4.78, 5) is 28.5. The molecular formula is C19H29N3O2S. The Morgan fingerprint density at radius 3 is 2.32 bits per heavy atom. The van der Waals surface area contributed by atoms with Gasteiger partial charge in [-0.2, -0.15) is 0 Å². The lowest BCUT2D eigenvalue weighted by Gasteiger charge is -2.35. The van der Waals surface area contributed by atoms with Crippen molar-refractivity contribution in [1.29, 1.82) is 0 Å². The molecule has 0 aliphatic carbocycles. The van der Waals surface area contributed by atoms with Crippen molar-refractivity contribution in [3.8, 4) is 0 Å². The van der Waals surface area contributed by atoms with Crippen molar-refractivity contribution in [2.75, 3.05) is 49.5 Å². The number of nitrogens with zero attached hydrogens (tertiary/aromatic N) is 2. The van der Waals surface area contributed by atoms with Gasteiger partial charge in [0.1, 0.15) is 0 Å². The van der Waals surface area contributed by atoms with E-state index in [0.717, 1.165) is 44.0 Å². The number of piperazine rings is 1. The van der Waals surface area contributed by atoms with E-state index < -0.39 is 0 Å². The van der Waals surface area contributed by atoms with Gasteiger partial charge in [-0.1, -0.05) is 31.5 Å². The highest BCUT2D eigenvalue weighted by Gasteiger charge is 2.21. The van der Waals surface area contributed by atoms with Crippen LogP contribution in [0, 0.1) is 12.8 Å². The van der Waals surface area contributed by atoms with E-state index in [4.69, 9.17) is 0 Å². The van der Waals surface area contributed by atoms with Gasteiger partial charge in [0, 0.05) is 38.4 Å². The van der Waals surface area contributed by atoms with Gasteiger partial charge >= 0.3 is 0 Å². The van der Waals surface area contributed by atoms with Crippen LogP contribution in [0.3, 0.4) is 0 Å². The predicted octanol–water partition coefficient (Wildman–Crippen LogP) is 2.47. The lowest BCUT2D eigenvalue weighted by atomic mass is 10.2. The standard InChI is InChI=1S/C19H29N3O2S/c1-15(2)12-21-8-10-22(11-9-21)19(24)14-25-13-18(23)20-17-6-4-16(3)5-7-17/h4-7,15H,8-14H2,1-3H3,(H,20,23). The zero-order chi connectivity index (χ0) is 18.2. The van der Waals surface area contributed by atoms with Crippen molar-refractivity contribution >= 4 is 29.3 Å². The van der Waals surface area contributed by atoms with Gasteiger partial charge in [0.05, 0.1) is 11.5 Å². The molecule has 6 heteroatoms. The first-order valence-electron chi connectivity index (χ1n) is 8.88. The van der Waals surface area contributed by atoms with Crippen molar-refractivity contribution in [2.24, 2.45) is 5.92 Å². The number of thioether (sulfide) groups is 1. The Morgan fingerprint density at radius 2 is 1.72 bits per heavy atom. The Hall–Kier alpha value is -1.53. The maximum Gasteiger partial charge on any atom is 0.234 e. The summed E-state index contributed by atoms with van der Waals surface area (Å²) < 4.78 is 0. The number of aryl methyl sites for hydroxylation is 1. The highest BCUT2D eigenvalue weighted by atomic mass is 32.2. The fourth-order valence-electron chi connectivity index (χ4n) is 2.85. The molecule has 1 aliphatic heterocycles. The number of carbonyl (C=O) groups excluding carboxylic acids is 2. The molecule has 138 valence electrons. The first-order valence-corrected chi connectivity index (χ1v) is 10.0. The number of amides is 2. The molecule has 0 radical (unpaired) electrons. The van der Waals surface area contributed by atoms with Crippen LogP contribution in [0.5, 0.6) is 0 Å². The Kier molecular flexibility index (Phi) is 7.78. The lowest BCUT2D eigenvalue weighted by Crippen LogP contribution is -2.50. The quantitative estimate of drug-likeness (QED) is 0.809. The summed E-state index contributed by atoms with van der Waals surface area (Å²) in [5, 5.41) is 2.86. The van der Waals surface area contributed by atoms with E-state index in [1.165, 1.54) is 11.8 Å². The largest absolute Gasteiger partial charge is 0.339 e. The number of hydrogen-bond acceptors (Lipinski definition) is 4. The van der Waals surface area contributed by atoms with Crippen molar-refractivity contribution in [1.82, 2.24) is 9.80 Å². The molecule has 0 aromatic heterocycles. The first-order chi connectivity index (χ1) is 11.9. The van der Waals surface area contributed by atoms with Crippen LogP contribution in [0.25, 0.3) is 0 Å². The molecule has 2 amide bonds. The average molecular weight is 364 g/mol. The summed E-state index contributed by atoms with van der Waals surface area (Å²) in [7, 11) is 0. The molecule has 1 saturated heterocycles. The van der Waals surface area contributed by atoms with Gasteiger partial charge in [-0.05, 0) is 25.0 Å². The van der Waals surface area contributed by atoms with Crippen LogP contribution in [0.15, 0.2) is 24.3 Å². The Balaban J connectivity index is 1.63. The molecule has 1 aromatic carbocycles. The molecule has 2 rings (SSSR count). The molecule has 1 heterocycles. The van der Waals surface area contributed by atoms with E-state index in [0.29, 0.717) is 17.4 Å². The summed E-state index contributed by atoms with van der Waals surface area (Å²) in [5.41, 5.74) is 1.95. The zero-order valence-electron chi connectivity index (χ0n) is 15.5. The number of benzene rings is 1. The van der Waals surface area contributed by atoms with Crippen molar-refractivity contribution in [3.05, 3.63) is 29.8 Å². The van der Waals surface area contributed by atoms with Crippen LogP contribution in [0.2, 0.25) is 0 Å². The van der Waals surface area contributed by atoms with Crippen LogP contribution >= 0.6 is 11.8 Å². The van der Waals surface area contributed by atoms with Crippen molar-refractivity contribution in [2.45, 2.75) is 20.8 Å². The second-order valence-electron chi connectivity index (χ2n) is 6.98. The fourth-order valence-corrected chi connectivity index (χ4v) is 3.57. The van der Waals surface area contributed by atoms with E-state index in [-0.39, 0.29) is 11.8 Å². The molecule has 0 unspecified atom stereocenters. The van der Waals surface area contributed by atoms with Gasteiger partial charge in [0.2, 0.25) is 11.8 Å². The number of rotatable bonds is 7. The maximum atomic E-state index is 12.3. The second kappa shape index (κ2) is 9.82. The molecule has 25 heavy (non-hydrogen) atoms. The predicted molar refractivity (Wildman–Crippen MR) is 105 cm³/mol. The van der Waals surface area contributed by atoms with Gasteiger partial charge in [-0.3, -0.25) is 14.5 Å². The fraction of sp³-hybridized carbons (Fsp3) is 0.579. The Bertz CT molecular complexity index is 567. The highest BCUT2D eigenvalue weighted by Crippen LogP contribution is 2.11. The summed E-state index contributed by atoms with van der Waals surface area (Å²) in [5.74, 6) is 1.39. The SMILES string of the molecule is Cc1ccc(NC(=O)CSCC(=O)N2CCN(CC(C)C)CC2)cc1. The average Bonchev–Trinajstić information content (AvgIpc) is 2.57. The molecule has 1 aromatic rings. The highest BCUT2D eigenvalue weighted by molar-refractivity contribution is 8.00. The third-order valence-electron chi connectivity index (χ3n) is 4.14. The normalized spacial score (nSPS) is 15.4. The van der Waals surface area contributed by atoms with Crippen LogP contribution in [-0.4, -0.2) is 65.8 Å². The summed E-state index contributed by atoms with van der Waals surface area (Å²) in [6.45, 7) is 11.0. The first kappa shape index (κ1) is 19.8. The Morgan fingerprint density at radius 1 is 1.08 bits per heavy atom. The van der Waals surface area contributed by atoms with Gasteiger partial charge in [-0.25, -0.2) is 0 Å². The molecule has 0 spiro atoms. The third kappa shape index (κ3) is 7.08. The zero-order valence-corrected chi connectivity index (χ0v) is 16.3.